The largest absolute Gasteiger partial charge is 0.398 e. The fourth-order valence-electron chi connectivity index (χ4n) is 2.26. The molecule has 2 aromatic heterocycles. The Morgan fingerprint density at radius 1 is 1.00 bits per heavy atom. The monoisotopic (exact) mass is 309 g/mol. The number of nitrogens with zero attached hydrogens (tertiary/aromatic N) is 2. The smallest absolute Gasteiger partial charge is 0.155 e. The van der Waals surface area contributed by atoms with Crippen molar-refractivity contribution in [1.29, 1.82) is 0 Å². The highest BCUT2D eigenvalue weighted by Crippen LogP contribution is 2.38. The third kappa shape index (κ3) is 2.24. The van der Waals surface area contributed by atoms with Gasteiger partial charge < -0.3 is 5.73 Å². The first-order valence-electron chi connectivity index (χ1n) is 6.47. The van der Waals surface area contributed by atoms with E-state index in [4.69, 9.17) is 5.73 Å². The minimum atomic E-state index is 0.756. The molecule has 0 amide bonds. The summed E-state index contributed by atoms with van der Waals surface area (Å²) in [4.78, 5) is 9.98. The van der Waals surface area contributed by atoms with E-state index in [1.807, 2.05) is 36.5 Å². The highest BCUT2D eigenvalue weighted by Gasteiger charge is 2.09. The number of benzene rings is 2. The third-order valence-electron chi connectivity index (χ3n) is 3.28. The van der Waals surface area contributed by atoms with Gasteiger partial charge in [0.1, 0.15) is 0 Å². The second kappa shape index (κ2) is 5.02. The number of hydrogen-bond donors (Lipinski definition) is 1. The van der Waals surface area contributed by atoms with Crippen molar-refractivity contribution >= 4 is 49.8 Å². The maximum absolute atomic E-state index is 6.02. The van der Waals surface area contributed by atoms with Gasteiger partial charge in [-0.15, -0.1) is 11.3 Å². The molecule has 0 fully saturated rings. The van der Waals surface area contributed by atoms with Crippen molar-refractivity contribution in [2.24, 2.45) is 0 Å². The predicted molar refractivity (Wildman–Crippen MR) is 89.9 cm³/mol. The van der Waals surface area contributed by atoms with Crippen molar-refractivity contribution in [2.75, 3.05) is 5.73 Å². The van der Waals surface area contributed by atoms with E-state index in [2.05, 4.69) is 22.1 Å². The summed E-state index contributed by atoms with van der Waals surface area (Å²) in [6.45, 7) is 0. The second-order valence-electron chi connectivity index (χ2n) is 4.62. The van der Waals surface area contributed by atoms with Gasteiger partial charge in [0, 0.05) is 33.7 Å². The Hall–Kier alpha value is -2.11. The van der Waals surface area contributed by atoms with Crippen molar-refractivity contribution in [3.05, 3.63) is 54.9 Å². The molecule has 2 N–H and O–H groups in total. The number of rotatable bonds is 2. The molecule has 0 radical (unpaired) electrons. The maximum atomic E-state index is 6.02. The van der Waals surface area contributed by atoms with Crippen LogP contribution in [-0.2, 0) is 0 Å². The molecule has 102 valence electrons. The molecule has 0 aliphatic rings. The number of hydrogen-bond acceptors (Lipinski definition) is 5. The minimum absolute atomic E-state index is 0.756. The first-order chi connectivity index (χ1) is 10.3. The van der Waals surface area contributed by atoms with Crippen LogP contribution in [0.4, 0.5) is 5.69 Å². The molecular weight excluding hydrogens is 298 g/mol. The van der Waals surface area contributed by atoms with Crippen LogP contribution in [-0.4, -0.2) is 9.97 Å². The fraction of sp³-hybridized carbons (Fsp3) is 0. The van der Waals surface area contributed by atoms with E-state index >= 15 is 0 Å². The molecule has 0 saturated heterocycles. The van der Waals surface area contributed by atoms with Crippen LogP contribution in [0.3, 0.4) is 0 Å². The van der Waals surface area contributed by atoms with E-state index < -0.39 is 0 Å². The van der Waals surface area contributed by atoms with Crippen molar-refractivity contribution < 1.29 is 0 Å². The molecular formula is C16H11N3S2. The highest BCUT2D eigenvalue weighted by atomic mass is 32.2. The minimum Gasteiger partial charge on any atom is -0.398 e. The number of nitrogen functional groups attached to an aromatic ring is 1. The number of fused-ring (bicyclic) bond motifs is 2. The standard InChI is InChI=1S/C16H11N3S2/c17-12-5-6-14(10-7-8-18-9-11(10)12)20-16-19-13-3-1-2-4-15(13)21-16/h1-9H,17H2. The summed E-state index contributed by atoms with van der Waals surface area (Å²) >= 11 is 3.39. The molecule has 0 bridgehead atoms. The zero-order valence-electron chi connectivity index (χ0n) is 11.0. The Balaban J connectivity index is 1.82. The van der Waals surface area contributed by atoms with Gasteiger partial charge in [-0.1, -0.05) is 23.9 Å². The molecule has 2 aromatic carbocycles. The predicted octanol–water partition coefficient (Wildman–Crippen LogP) is 4.58. The maximum Gasteiger partial charge on any atom is 0.155 e. The Morgan fingerprint density at radius 3 is 2.81 bits per heavy atom. The average Bonchev–Trinajstić information content (AvgIpc) is 2.93. The van der Waals surface area contributed by atoms with E-state index in [-0.39, 0.29) is 0 Å². The number of anilines is 1. The molecule has 4 aromatic rings. The Kier molecular flexibility index (Phi) is 3.02. The Bertz CT molecular complexity index is 913. The molecule has 5 heteroatoms. The lowest BCUT2D eigenvalue weighted by molar-refractivity contribution is 1.30. The van der Waals surface area contributed by atoms with Crippen LogP contribution < -0.4 is 5.73 Å². The van der Waals surface area contributed by atoms with Gasteiger partial charge >= 0.3 is 0 Å². The molecule has 0 unspecified atom stereocenters. The van der Waals surface area contributed by atoms with Gasteiger partial charge in [-0.25, -0.2) is 4.98 Å². The number of para-hydroxylation sites is 1. The molecule has 0 saturated carbocycles. The summed E-state index contributed by atoms with van der Waals surface area (Å²) in [5.74, 6) is 0. The fourth-order valence-corrected chi connectivity index (χ4v) is 4.42. The Labute approximate surface area is 129 Å². The van der Waals surface area contributed by atoms with Gasteiger partial charge in [0.05, 0.1) is 10.2 Å². The van der Waals surface area contributed by atoms with Crippen molar-refractivity contribution in [1.82, 2.24) is 9.97 Å². The van der Waals surface area contributed by atoms with Gasteiger partial charge in [-0.2, -0.15) is 0 Å². The molecule has 0 aliphatic carbocycles. The number of pyridine rings is 1. The third-order valence-corrected chi connectivity index (χ3v) is 5.46. The summed E-state index contributed by atoms with van der Waals surface area (Å²) in [6.07, 6.45) is 3.61. The van der Waals surface area contributed by atoms with E-state index in [9.17, 15) is 0 Å². The lowest BCUT2D eigenvalue weighted by Crippen LogP contribution is -1.88. The molecule has 4 rings (SSSR count). The normalized spacial score (nSPS) is 11.2. The van der Waals surface area contributed by atoms with Gasteiger partial charge in [-0.05, 0) is 30.3 Å². The number of nitrogens with two attached hydrogens (primary N) is 1. The SMILES string of the molecule is Nc1ccc(Sc2nc3ccccc3s2)c2ccncc12. The molecule has 3 nitrogen and oxygen atoms in total. The van der Waals surface area contributed by atoms with Crippen LogP contribution in [0.1, 0.15) is 0 Å². The summed E-state index contributed by atoms with van der Waals surface area (Å²) in [6, 6.07) is 14.2. The van der Waals surface area contributed by atoms with Crippen molar-refractivity contribution in [3.8, 4) is 0 Å². The van der Waals surface area contributed by atoms with Crippen LogP contribution >= 0.6 is 23.1 Å². The van der Waals surface area contributed by atoms with E-state index in [1.54, 1.807) is 29.3 Å². The summed E-state index contributed by atoms with van der Waals surface area (Å²) in [5, 5.41) is 2.11. The highest BCUT2D eigenvalue weighted by molar-refractivity contribution is 8.01. The molecule has 0 aliphatic heterocycles. The Morgan fingerprint density at radius 2 is 1.90 bits per heavy atom. The topological polar surface area (TPSA) is 51.8 Å². The van der Waals surface area contributed by atoms with E-state index in [0.29, 0.717) is 0 Å². The summed E-state index contributed by atoms with van der Waals surface area (Å²) in [7, 11) is 0. The lowest BCUT2D eigenvalue weighted by atomic mass is 10.1. The van der Waals surface area contributed by atoms with Crippen molar-refractivity contribution in [3.63, 3.8) is 0 Å². The van der Waals surface area contributed by atoms with Gasteiger partial charge in [-0.3, -0.25) is 4.98 Å². The van der Waals surface area contributed by atoms with Crippen LogP contribution in [0.2, 0.25) is 0 Å². The van der Waals surface area contributed by atoms with Gasteiger partial charge in [0.25, 0.3) is 0 Å². The first kappa shape index (κ1) is 12.6. The molecule has 0 spiro atoms. The van der Waals surface area contributed by atoms with Crippen LogP contribution in [0.5, 0.6) is 0 Å². The van der Waals surface area contributed by atoms with E-state index in [0.717, 1.165) is 31.2 Å². The molecule has 21 heavy (non-hydrogen) atoms. The molecule has 2 heterocycles. The average molecular weight is 309 g/mol. The zero-order chi connectivity index (χ0) is 14.2. The van der Waals surface area contributed by atoms with Crippen molar-refractivity contribution in [2.45, 2.75) is 9.24 Å². The van der Waals surface area contributed by atoms with Crippen LogP contribution in [0.15, 0.2) is 64.1 Å². The zero-order valence-corrected chi connectivity index (χ0v) is 12.6. The summed E-state index contributed by atoms with van der Waals surface area (Å²) in [5.41, 5.74) is 7.82. The lowest BCUT2D eigenvalue weighted by Gasteiger charge is -2.06. The van der Waals surface area contributed by atoms with Crippen LogP contribution in [0, 0.1) is 0 Å². The van der Waals surface area contributed by atoms with Gasteiger partial charge in [0.2, 0.25) is 0 Å². The number of thiazole rings is 1. The van der Waals surface area contributed by atoms with Crippen LogP contribution in [0.25, 0.3) is 21.0 Å². The van der Waals surface area contributed by atoms with E-state index in [1.165, 1.54) is 4.70 Å². The van der Waals surface area contributed by atoms with Gasteiger partial charge in [0.15, 0.2) is 4.34 Å². The first-order valence-corrected chi connectivity index (χ1v) is 8.10. The second-order valence-corrected chi connectivity index (χ2v) is 6.94. The number of aromatic nitrogens is 2. The summed E-state index contributed by atoms with van der Waals surface area (Å²) < 4.78 is 2.25. The molecule has 0 atom stereocenters. The quantitative estimate of drug-likeness (QED) is 0.551.